The molecular weight excluding hydrogens is 210 g/mol. The van der Waals surface area contributed by atoms with Crippen molar-refractivity contribution >= 4 is 10.9 Å². The lowest BCUT2D eigenvalue weighted by molar-refractivity contribution is 0.475. The van der Waals surface area contributed by atoms with E-state index in [-0.39, 0.29) is 5.75 Å². The van der Waals surface area contributed by atoms with Gasteiger partial charge in [0.05, 0.1) is 5.52 Å². The summed E-state index contributed by atoms with van der Waals surface area (Å²) >= 11 is 0. The minimum absolute atomic E-state index is 0.225. The van der Waals surface area contributed by atoms with Crippen LogP contribution in [0.1, 0.15) is 0 Å². The molecule has 1 N–H and O–H groups in total. The molecule has 0 spiro atoms. The van der Waals surface area contributed by atoms with Gasteiger partial charge in [0.25, 0.3) is 0 Å². The molecule has 0 fully saturated rings. The number of rotatable bonds is 1. The molecule has 0 atom stereocenters. The van der Waals surface area contributed by atoms with Crippen LogP contribution in [-0.4, -0.2) is 10.1 Å². The molecule has 0 bridgehead atoms. The highest BCUT2D eigenvalue weighted by Crippen LogP contribution is 2.29. The highest BCUT2D eigenvalue weighted by atomic mass is 16.3. The first-order chi connectivity index (χ1) is 8.34. The Balaban J connectivity index is 2.30. The molecule has 0 amide bonds. The Morgan fingerprint density at radius 1 is 1.06 bits per heavy atom. The van der Waals surface area contributed by atoms with Gasteiger partial charge in [-0.15, -0.1) is 0 Å². The third-order valence-corrected chi connectivity index (χ3v) is 2.73. The van der Waals surface area contributed by atoms with Crippen molar-refractivity contribution in [2.75, 3.05) is 0 Å². The second-order valence-corrected chi connectivity index (χ2v) is 3.86. The summed E-state index contributed by atoms with van der Waals surface area (Å²) in [5.41, 5.74) is 2.96. The van der Waals surface area contributed by atoms with Crippen LogP contribution in [0.3, 0.4) is 0 Å². The first-order valence-corrected chi connectivity index (χ1v) is 5.39. The molecule has 0 aliphatic carbocycles. The number of phenolic OH excluding ortho intramolecular Hbond substituents is 1. The minimum atomic E-state index is 0.225. The zero-order valence-corrected chi connectivity index (χ0v) is 9.09. The molecule has 3 rings (SSSR count). The molecule has 1 aromatic heterocycles. The van der Waals surface area contributed by atoms with Crippen molar-refractivity contribution in [3.63, 3.8) is 0 Å². The average molecular weight is 220 g/mol. The monoisotopic (exact) mass is 220 g/mol. The third-order valence-electron chi connectivity index (χ3n) is 2.73. The number of hydrogen-bond donors (Lipinski definition) is 1. The van der Waals surface area contributed by atoms with Crippen LogP contribution in [0.15, 0.2) is 54.7 Å². The van der Waals surface area contributed by atoms with Gasteiger partial charge in [-0.1, -0.05) is 18.2 Å². The summed E-state index contributed by atoms with van der Waals surface area (Å²) in [6.45, 7) is 0. The number of aromatic nitrogens is 1. The number of aromatic hydroxyl groups is 1. The fraction of sp³-hybridized carbons (Fsp3) is 0. The molecule has 0 saturated heterocycles. The predicted octanol–water partition coefficient (Wildman–Crippen LogP) is 3.41. The Bertz CT molecular complexity index is 671. The zero-order valence-electron chi connectivity index (χ0n) is 9.09. The van der Waals surface area contributed by atoms with E-state index < -0.39 is 0 Å². The lowest BCUT2D eigenvalue weighted by Crippen LogP contribution is -1.83. The maximum Gasteiger partial charge on any atom is 0.116 e. The number of fused-ring (bicyclic) bond motifs is 1. The molecule has 1 heterocycles. The molecule has 2 aromatic carbocycles. The van der Waals surface area contributed by atoms with E-state index in [1.54, 1.807) is 18.3 Å². The Morgan fingerprint density at radius 3 is 2.88 bits per heavy atom. The molecule has 1 radical (unpaired) electrons. The average Bonchev–Trinajstić information content (AvgIpc) is 2.38. The standard InChI is InChI=1S/C15H10NO/c17-12-5-1-4-11(10-12)13-6-2-8-15-14(13)7-3-9-16-15/h2-10,17H. The molecule has 0 unspecified atom stereocenters. The summed E-state index contributed by atoms with van der Waals surface area (Å²) < 4.78 is 0. The maximum atomic E-state index is 9.50. The van der Waals surface area contributed by atoms with Crippen molar-refractivity contribution in [2.24, 2.45) is 0 Å². The van der Waals surface area contributed by atoms with E-state index >= 15 is 0 Å². The Kier molecular flexibility index (Phi) is 2.26. The Hall–Kier alpha value is -2.35. The smallest absolute Gasteiger partial charge is 0.116 e. The van der Waals surface area contributed by atoms with E-state index in [1.165, 1.54) is 0 Å². The van der Waals surface area contributed by atoms with Gasteiger partial charge < -0.3 is 5.11 Å². The van der Waals surface area contributed by atoms with Crippen LogP contribution in [0.25, 0.3) is 22.0 Å². The van der Waals surface area contributed by atoms with E-state index in [1.807, 2.05) is 36.4 Å². The van der Waals surface area contributed by atoms with Gasteiger partial charge in [-0.2, -0.15) is 0 Å². The molecule has 81 valence electrons. The quantitative estimate of drug-likeness (QED) is 0.681. The predicted molar refractivity (Wildman–Crippen MR) is 67.7 cm³/mol. The second-order valence-electron chi connectivity index (χ2n) is 3.86. The zero-order chi connectivity index (χ0) is 11.7. The number of hydrogen-bond acceptors (Lipinski definition) is 2. The highest BCUT2D eigenvalue weighted by molar-refractivity contribution is 5.94. The van der Waals surface area contributed by atoms with Crippen molar-refractivity contribution in [2.45, 2.75) is 0 Å². The number of benzene rings is 2. The van der Waals surface area contributed by atoms with Crippen molar-refractivity contribution in [1.82, 2.24) is 4.98 Å². The SMILES string of the molecule is Oc1c[c]cc(-c2cccc3ncccc23)c1. The molecule has 2 heteroatoms. The van der Waals surface area contributed by atoms with E-state index in [2.05, 4.69) is 11.1 Å². The van der Waals surface area contributed by atoms with Gasteiger partial charge in [0, 0.05) is 11.6 Å². The molecule has 0 saturated carbocycles. The van der Waals surface area contributed by atoms with Crippen LogP contribution in [0, 0.1) is 6.07 Å². The van der Waals surface area contributed by atoms with Crippen molar-refractivity contribution in [3.05, 3.63) is 60.8 Å². The van der Waals surface area contributed by atoms with Gasteiger partial charge in [-0.3, -0.25) is 4.98 Å². The maximum absolute atomic E-state index is 9.50. The van der Waals surface area contributed by atoms with Gasteiger partial charge in [0.2, 0.25) is 0 Å². The Labute approximate surface area is 99.2 Å². The summed E-state index contributed by atoms with van der Waals surface area (Å²) in [7, 11) is 0. The molecular formula is C15H10NO. The van der Waals surface area contributed by atoms with Crippen LogP contribution in [0.5, 0.6) is 5.75 Å². The summed E-state index contributed by atoms with van der Waals surface area (Å²) in [6.07, 6.45) is 1.78. The van der Waals surface area contributed by atoms with E-state index in [0.29, 0.717) is 0 Å². The second kappa shape index (κ2) is 3.91. The number of pyridine rings is 1. The fourth-order valence-electron chi connectivity index (χ4n) is 1.97. The van der Waals surface area contributed by atoms with Crippen molar-refractivity contribution in [1.29, 1.82) is 0 Å². The summed E-state index contributed by atoms with van der Waals surface area (Å²) in [5, 5.41) is 10.6. The van der Waals surface area contributed by atoms with E-state index in [4.69, 9.17) is 0 Å². The number of nitrogens with zero attached hydrogens (tertiary/aromatic N) is 1. The van der Waals surface area contributed by atoms with Gasteiger partial charge in [-0.05, 0) is 47.5 Å². The van der Waals surface area contributed by atoms with E-state index in [9.17, 15) is 5.11 Å². The van der Waals surface area contributed by atoms with E-state index in [0.717, 1.165) is 22.0 Å². The topological polar surface area (TPSA) is 33.1 Å². The van der Waals surface area contributed by atoms with Gasteiger partial charge in [0.15, 0.2) is 0 Å². The van der Waals surface area contributed by atoms with Crippen molar-refractivity contribution < 1.29 is 5.11 Å². The van der Waals surface area contributed by atoms with Crippen molar-refractivity contribution in [3.8, 4) is 16.9 Å². The molecule has 2 nitrogen and oxygen atoms in total. The van der Waals surface area contributed by atoms with Crippen LogP contribution in [0.2, 0.25) is 0 Å². The fourth-order valence-corrected chi connectivity index (χ4v) is 1.97. The largest absolute Gasteiger partial charge is 0.508 e. The molecule has 0 aliphatic rings. The lowest BCUT2D eigenvalue weighted by Gasteiger charge is -2.06. The van der Waals surface area contributed by atoms with Crippen LogP contribution >= 0.6 is 0 Å². The van der Waals surface area contributed by atoms with Gasteiger partial charge >= 0.3 is 0 Å². The van der Waals surface area contributed by atoms with Crippen LogP contribution in [-0.2, 0) is 0 Å². The highest BCUT2D eigenvalue weighted by Gasteiger charge is 2.04. The first kappa shape index (κ1) is 9.85. The Morgan fingerprint density at radius 2 is 2.00 bits per heavy atom. The minimum Gasteiger partial charge on any atom is -0.508 e. The van der Waals surface area contributed by atoms with Gasteiger partial charge in [-0.25, -0.2) is 0 Å². The summed E-state index contributed by atoms with van der Waals surface area (Å²) in [5.74, 6) is 0.225. The van der Waals surface area contributed by atoms with Crippen LogP contribution in [0.4, 0.5) is 0 Å². The molecule has 17 heavy (non-hydrogen) atoms. The third kappa shape index (κ3) is 1.74. The lowest BCUT2D eigenvalue weighted by atomic mass is 10.0. The summed E-state index contributed by atoms with van der Waals surface area (Å²) in [6, 6.07) is 18.0. The normalized spacial score (nSPS) is 10.6. The van der Waals surface area contributed by atoms with Gasteiger partial charge in [0.1, 0.15) is 5.75 Å². The summed E-state index contributed by atoms with van der Waals surface area (Å²) in [4.78, 5) is 4.32. The molecule has 3 aromatic rings. The number of phenols is 1. The van der Waals surface area contributed by atoms with Crippen LogP contribution < -0.4 is 0 Å². The first-order valence-electron chi connectivity index (χ1n) is 5.39. The molecule has 0 aliphatic heterocycles.